The number of piperidine rings is 2. The van der Waals surface area contributed by atoms with Crippen molar-refractivity contribution in [3.8, 4) is 0 Å². The summed E-state index contributed by atoms with van der Waals surface area (Å²) in [5.41, 5.74) is 2.70. The summed E-state index contributed by atoms with van der Waals surface area (Å²) in [6.45, 7) is 6.76. The summed E-state index contributed by atoms with van der Waals surface area (Å²) >= 11 is 0. The number of benzene rings is 2. The summed E-state index contributed by atoms with van der Waals surface area (Å²) in [5.74, 6) is 0.00802. The molecule has 202 valence electrons. The van der Waals surface area contributed by atoms with E-state index in [1.165, 1.54) is 0 Å². The maximum atomic E-state index is 13.7. The highest BCUT2D eigenvalue weighted by Crippen LogP contribution is 2.43. The van der Waals surface area contributed by atoms with Crippen LogP contribution in [0.5, 0.6) is 0 Å². The van der Waals surface area contributed by atoms with Crippen molar-refractivity contribution in [2.75, 3.05) is 31.1 Å². The van der Waals surface area contributed by atoms with Crippen molar-refractivity contribution >= 4 is 23.4 Å². The first kappa shape index (κ1) is 26.4. The van der Waals surface area contributed by atoms with Crippen molar-refractivity contribution in [2.45, 2.75) is 69.9 Å². The van der Waals surface area contributed by atoms with Crippen LogP contribution in [0.15, 0.2) is 54.6 Å². The number of carbonyl (C=O) groups excluding carboxylic acids is 3. The molecule has 0 aliphatic carbocycles. The summed E-state index contributed by atoms with van der Waals surface area (Å²) < 4.78 is 0. The van der Waals surface area contributed by atoms with Crippen LogP contribution in [-0.4, -0.2) is 60.9 Å². The van der Waals surface area contributed by atoms with Gasteiger partial charge in [-0.3, -0.25) is 14.4 Å². The van der Waals surface area contributed by atoms with E-state index in [2.05, 4.69) is 22.8 Å². The summed E-state index contributed by atoms with van der Waals surface area (Å²) in [6, 6.07) is 17.7. The highest BCUT2D eigenvalue weighted by Gasteiger charge is 2.47. The molecule has 7 heteroatoms. The van der Waals surface area contributed by atoms with Gasteiger partial charge in [-0.15, -0.1) is 0 Å². The molecule has 1 unspecified atom stereocenters. The van der Waals surface area contributed by atoms with Crippen LogP contribution in [0.25, 0.3) is 0 Å². The molecule has 2 atom stereocenters. The Morgan fingerprint density at radius 3 is 2.45 bits per heavy atom. The third-order valence-corrected chi connectivity index (χ3v) is 8.58. The topological polar surface area (TPSA) is 81.8 Å². The van der Waals surface area contributed by atoms with Crippen LogP contribution >= 0.6 is 0 Å². The number of likely N-dealkylation sites (tertiary alicyclic amines) is 1. The minimum atomic E-state index is -0.547. The van der Waals surface area contributed by atoms with E-state index in [0.717, 1.165) is 55.5 Å². The number of hydrogen-bond acceptors (Lipinski definition) is 4. The molecule has 2 N–H and O–H groups in total. The molecule has 5 rings (SSSR count). The average molecular weight is 517 g/mol. The van der Waals surface area contributed by atoms with Crippen molar-refractivity contribution in [3.63, 3.8) is 0 Å². The van der Waals surface area contributed by atoms with Crippen LogP contribution in [-0.2, 0) is 26.2 Å². The molecule has 2 fully saturated rings. The molecule has 0 saturated carbocycles. The lowest BCUT2D eigenvalue weighted by Gasteiger charge is -2.39. The van der Waals surface area contributed by atoms with Gasteiger partial charge < -0.3 is 20.4 Å². The summed E-state index contributed by atoms with van der Waals surface area (Å²) in [6.07, 6.45) is 4.59. The van der Waals surface area contributed by atoms with Crippen molar-refractivity contribution < 1.29 is 14.4 Å². The monoisotopic (exact) mass is 516 g/mol. The fraction of sp³-hybridized carbons (Fsp3) is 0.516. The maximum absolute atomic E-state index is 13.7. The molecule has 38 heavy (non-hydrogen) atoms. The summed E-state index contributed by atoms with van der Waals surface area (Å²) in [5, 5.41) is 6.42. The average Bonchev–Trinajstić information content (AvgIpc) is 3.16. The summed E-state index contributed by atoms with van der Waals surface area (Å²) in [4.78, 5) is 44.1. The van der Waals surface area contributed by atoms with Gasteiger partial charge in [-0.25, -0.2) is 0 Å². The highest BCUT2D eigenvalue weighted by molar-refractivity contribution is 6.08. The van der Waals surface area contributed by atoms with Gasteiger partial charge >= 0.3 is 0 Å². The van der Waals surface area contributed by atoms with E-state index >= 15 is 0 Å². The van der Waals surface area contributed by atoms with Crippen LogP contribution < -0.4 is 15.5 Å². The smallest absolute Gasteiger partial charge is 0.245 e. The lowest BCUT2D eigenvalue weighted by molar-refractivity contribution is -0.138. The van der Waals surface area contributed by atoms with Crippen LogP contribution in [0.1, 0.15) is 57.1 Å². The predicted octanol–water partition coefficient (Wildman–Crippen LogP) is 3.42. The number of amides is 3. The number of aryl methyl sites for hydroxylation is 1. The SMILES string of the molecule is CC1(C)C(=O)N(C2CCN(C(=O)C(CCc3ccccc3)NC(=O)[C@@H]3CCCNC3)CC2)c2ccccc21. The van der Waals surface area contributed by atoms with Gasteiger partial charge in [0, 0.05) is 31.4 Å². The molecular formula is C31H40N4O3. The first-order valence-corrected chi connectivity index (χ1v) is 14.1. The van der Waals surface area contributed by atoms with E-state index in [4.69, 9.17) is 0 Å². The van der Waals surface area contributed by atoms with E-state index in [1.807, 2.05) is 66.1 Å². The second-order valence-electron chi connectivity index (χ2n) is 11.5. The Hall–Kier alpha value is -3.19. The second kappa shape index (κ2) is 11.3. The van der Waals surface area contributed by atoms with E-state index < -0.39 is 11.5 Å². The van der Waals surface area contributed by atoms with Gasteiger partial charge in [-0.05, 0) is 76.1 Å². The maximum Gasteiger partial charge on any atom is 0.245 e. The Balaban J connectivity index is 1.25. The lowest BCUT2D eigenvalue weighted by Crippen LogP contribution is -2.55. The van der Waals surface area contributed by atoms with Gasteiger partial charge in [0.05, 0.1) is 11.3 Å². The van der Waals surface area contributed by atoms with Crippen molar-refractivity contribution in [1.29, 1.82) is 0 Å². The van der Waals surface area contributed by atoms with Crippen LogP contribution in [0.3, 0.4) is 0 Å². The van der Waals surface area contributed by atoms with Crippen molar-refractivity contribution in [1.82, 2.24) is 15.5 Å². The summed E-state index contributed by atoms with van der Waals surface area (Å²) in [7, 11) is 0. The molecule has 0 radical (unpaired) electrons. The van der Waals surface area contributed by atoms with E-state index in [0.29, 0.717) is 26.1 Å². The molecule has 0 spiro atoms. The number of para-hydroxylation sites is 1. The number of nitrogens with zero attached hydrogens (tertiary/aromatic N) is 2. The van der Waals surface area contributed by atoms with E-state index in [1.54, 1.807) is 0 Å². The number of fused-ring (bicyclic) bond motifs is 1. The third kappa shape index (κ3) is 5.35. The van der Waals surface area contributed by atoms with Gasteiger partial charge in [0.15, 0.2) is 0 Å². The fourth-order valence-corrected chi connectivity index (χ4v) is 6.24. The van der Waals surface area contributed by atoms with Crippen LogP contribution in [0, 0.1) is 5.92 Å². The third-order valence-electron chi connectivity index (χ3n) is 8.58. The van der Waals surface area contributed by atoms with Gasteiger partial charge in [-0.2, -0.15) is 0 Å². The minimum absolute atomic E-state index is 0.00928. The Morgan fingerprint density at radius 1 is 1.03 bits per heavy atom. The molecule has 7 nitrogen and oxygen atoms in total. The number of rotatable bonds is 7. The Kier molecular flexibility index (Phi) is 7.84. The molecular weight excluding hydrogens is 476 g/mol. The molecule has 3 aliphatic heterocycles. The number of carbonyl (C=O) groups is 3. The largest absolute Gasteiger partial charge is 0.344 e. The number of nitrogens with one attached hydrogen (secondary N) is 2. The molecule has 2 aromatic carbocycles. The lowest BCUT2D eigenvalue weighted by atomic mass is 9.86. The first-order valence-electron chi connectivity index (χ1n) is 14.1. The quantitative estimate of drug-likeness (QED) is 0.591. The zero-order valence-corrected chi connectivity index (χ0v) is 22.6. The standard InChI is InChI=1S/C31H40N4O3/c1-31(2)25-12-6-7-13-27(25)35(30(31)38)24-16-19-34(20-17-24)29(37)26(15-14-22-9-4-3-5-10-22)33-28(36)23-11-8-18-32-21-23/h3-7,9-10,12-13,23-24,26,32H,8,11,14-21H2,1-2H3,(H,33,36)/t23-,26?/m1/s1. The Bertz CT molecular complexity index is 1150. The fourth-order valence-electron chi connectivity index (χ4n) is 6.24. The van der Waals surface area contributed by atoms with Gasteiger partial charge in [0.1, 0.15) is 6.04 Å². The van der Waals surface area contributed by atoms with Crippen LogP contribution in [0.4, 0.5) is 5.69 Å². The highest BCUT2D eigenvalue weighted by atomic mass is 16.2. The van der Waals surface area contributed by atoms with Crippen LogP contribution in [0.2, 0.25) is 0 Å². The predicted molar refractivity (Wildman–Crippen MR) is 149 cm³/mol. The normalized spacial score (nSPS) is 22.2. The molecule has 2 saturated heterocycles. The molecule has 0 aromatic heterocycles. The molecule has 3 aliphatic rings. The van der Waals surface area contributed by atoms with Gasteiger partial charge in [0.2, 0.25) is 17.7 Å². The second-order valence-corrected chi connectivity index (χ2v) is 11.5. The molecule has 0 bridgehead atoms. The molecule has 2 aromatic rings. The van der Waals surface area contributed by atoms with Crippen molar-refractivity contribution in [2.24, 2.45) is 5.92 Å². The Morgan fingerprint density at radius 2 is 1.74 bits per heavy atom. The molecule has 3 heterocycles. The van der Waals surface area contributed by atoms with E-state index in [-0.39, 0.29) is 29.7 Å². The van der Waals surface area contributed by atoms with Crippen molar-refractivity contribution in [3.05, 3.63) is 65.7 Å². The molecule has 3 amide bonds. The minimum Gasteiger partial charge on any atom is -0.344 e. The number of hydrogen-bond donors (Lipinski definition) is 2. The van der Waals surface area contributed by atoms with Gasteiger partial charge in [-0.1, -0.05) is 48.5 Å². The van der Waals surface area contributed by atoms with E-state index in [9.17, 15) is 14.4 Å². The first-order chi connectivity index (χ1) is 18.4. The zero-order valence-electron chi connectivity index (χ0n) is 22.6. The zero-order chi connectivity index (χ0) is 26.7. The Labute approximate surface area is 226 Å². The van der Waals surface area contributed by atoms with Gasteiger partial charge in [0.25, 0.3) is 0 Å². The number of anilines is 1.